The van der Waals surface area contributed by atoms with Gasteiger partial charge in [-0.15, -0.1) is 0 Å². The van der Waals surface area contributed by atoms with Crippen molar-refractivity contribution in [3.63, 3.8) is 0 Å². The van der Waals surface area contributed by atoms with Crippen LogP contribution in [0.3, 0.4) is 0 Å². The maximum Gasteiger partial charge on any atom is 0.132 e. The molecule has 0 fully saturated rings. The number of rotatable bonds is 4. The van der Waals surface area contributed by atoms with Crippen molar-refractivity contribution >= 4 is 5.78 Å². The molecule has 0 spiro atoms. The van der Waals surface area contributed by atoms with Gasteiger partial charge in [0.2, 0.25) is 0 Å². The molecule has 0 heterocycles. The predicted octanol–water partition coefficient (Wildman–Crippen LogP) is 0.116. The number of carbonyl (C=O) groups is 1. The topological polar surface area (TPSA) is 38.3 Å². The van der Waals surface area contributed by atoms with Crippen LogP contribution in [0, 0.1) is 0 Å². The minimum absolute atomic E-state index is 0.153. The number of carbonyl (C=O) groups excluding carboxylic acids is 1. The number of hydrogen-bond donors (Lipinski definition) is 1. The minimum atomic E-state index is 0.153. The fourth-order valence-corrected chi connectivity index (χ4v) is 0.297. The van der Waals surface area contributed by atoms with Gasteiger partial charge in [-0.05, 0) is 6.92 Å². The highest BCUT2D eigenvalue weighted by Crippen LogP contribution is 1.79. The van der Waals surface area contributed by atoms with Gasteiger partial charge >= 0.3 is 0 Å². The van der Waals surface area contributed by atoms with Gasteiger partial charge in [-0.3, -0.25) is 4.79 Å². The van der Waals surface area contributed by atoms with Crippen LogP contribution in [-0.4, -0.2) is 19.4 Å². The van der Waals surface area contributed by atoms with E-state index in [-0.39, 0.29) is 5.78 Å². The summed E-state index contributed by atoms with van der Waals surface area (Å²) < 4.78 is 0. The van der Waals surface area contributed by atoms with Crippen molar-refractivity contribution in [1.82, 2.24) is 5.48 Å². The molecule has 0 bridgehead atoms. The second-order valence-corrected chi connectivity index (χ2v) is 1.50. The zero-order valence-corrected chi connectivity index (χ0v) is 5.23. The van der Waals surface area contributed by atoms with Crippen molar-refractivity contribution in [2.24, 2.45) is 0 Å². The normalized spacial score (nSPS) is 9.25. The maximum atomic E-state index is 10.2. The highest BCUT2D eigenvalue weighted by Gasteiger charge is 1.89. The summed E-state index contributed by atoms with van der Waals surface area (Å²) in [6, 6.07) is 0. The molecule has 48 valence electrons. The summed E-state index contributed by atoms with van der Waals surface area (Å²) in [6.45, 7) is 2.00. The Labute approximate surface area is 49.0 Å². The van der Waals surface area contributed by atoms with Gasteiger partial charge in [-0.25, -0.2) is 5.48 Å². The molecule has 0 saturated carbocycles. The Morgan fingerprint density at radius 3 is 2.75 bits per heavy atom. The van der Waals surface area contributed by atoms with Gasteiger partial charge in [0, 0.05) is 13.5 Å². The Hall–Kier alpha value is -0.410. The van der Waals surface area contributed by atoms with E-state index in [1.807, 2.05) is 0 Å². The van der Waals surface area contributed by atoms with Crippen LogP contribution in [0.2, 0.25) is 0 Å². The molecule has 0 aliphatic rings. The van der Waals surface area contributed by atoms with Crippen molar-refractivity contribution < 1.29 is 9.63 Å². The quantitative estimate of drug-likeness (QED) is 0.419. The number of Topliss-reactive ketones (excluding diaryl/α,β-unsaturated/α-hetero) is 1. The van der Waals surface area contributed by atoms with Gasteiger partial charge in [-0.1, -0.05) is 0 Å². The van der Waals surface area contributed by atoms with Gasteiger partial charge < -0.3 is 4.84 Å². The molecule has 3 nitrogen and oxygen atoms in total. The van der Waals surface area contributed by atoms with Crippen LogP contribution in [0.15, 0.2) is 0 Å². The van der Waals surface area contributed by atoms with Crippen LogP contribution in [-0.2, 0) is 9.63 Å². The first-order valence-electron chi connectivity index (χ1n) is 2.55. The van der Waals surface area contributed by atoms with Crippen LogP contribution in [0.5, 0.6) is 0 Å². The smallest absolute Gasteiger partial charge is 0.132 e. The average Bonchev–Trinajstić information content (AvgIpc) is 1.66. The van der Waals surface area contributed by atoms with Crippen LogP contribution >= 0.6 is 0 Å². The lowest BCUT2D eigenvalue weighted by molar-refractivity contribution is -0.118. The summed E-state index contributed by atoms with van der Waals surface area (Å²) >= 11 is 0. The molecular weight excluding hydrogens is 106 g/mol. The fourth-order valence-electron chi connectivity index (χ4n) is 0.297. The predicted molar refractivity (Wildman–Crippen MR) is 30.3 cm³/mol. The van der Waals surface area contributed by atoms with Gasteiger partial charge in [-0.2, -0.15) is 0 Å². The Balaban J connectivity index is 2.82. The molecule has 0 unspecified atom stereocenters. The first-order chi connectivity index (χ1) is 3.77. The fraction of sp³-hybridized carbons (Fsp3) is 0.800. The van der Waals surface area contributed by atoms with Gasteiger partial charge in [0.25, 0.3) is 0 Å². The van der Waals surface area contributed by atoms with E-state index in [9.17, 15) is 4.79 Å². The molecule has 0 aromatic rings. The van der Waals surface area contributed by atoms with Crippen molar-refractivity contribution in [3.05, 3.63) is 0 Å². The highest BCUT2D eigenvalue weighted by atomic mass is 16.6. The summed E-state index contributed by atoms with van der Waals surface area (Å²) in [5.74, 6) is 0.153. The van der Waals surface area contributed by atoms with Crippen molar-refractivity contribution in [3.8, 4) is 0 Å². The second-order valence-electron chi connectivity index (χ2n) is 1.50. The molecule has 0 aromatic heterocycles. The molecule has 0 aliphatic heterocycles. The summed E-state index contributed by atoms with van der Waals surface area (Å²) in [4.78, 5) is 14.9. The molecule has 0 amide bonds. The first-order valence-corrected chi connectivity index (χ1v) is 2.55. The Kier molecular flexibility index (Phi) is 4.50. The lowest BCUT2D eigenvalue weighted by Crippen LogP contribution is -2.10. The van der Waals surface area contributed by atoms with E-state index in [0.717, 1.165) is 0 Å². The molecule has 0 aliphatic carbocycles. The summed E-state index contributed by atoms with van der Waals surface area (Å²) in [5.41, 5.74) is 2.47. The third-order valence-electron chi connectivity index (χ3n) is 0.701. The van der Waals surface area contributed by atoms with Crippen molar-refractivity contribution in [1.29, 1.82) is 0 Å². The molecular formula is C5H11NO2. The molecule has 8 heavy (non-hydrogen) atoms. The molecule has 0 radical (unpaired) electrons. The molecule has 1 N–H and O–H groups in total. The van der Waals surface area contributed by atoms with Crippen LogP contribution in [0.4, 0.5) is 0 Å². The summed E-state index contributed by atoms with van der Waals surface area (Å²) in [7, 11) is 1.67. The van der Waals surface area contributed by atoms with Crippen LogP contribution in [0.25, 0.3) is 0 Å². The molecule has 0 saturated heterocycles. The van der Waals surface area contributed by atoms with E-state index >= 15 is 0 Å². The zero-order chi connectivity index (χ0) is 6.41. The summed E-state index contributed by atoms with van der Waals surface area (Å²) in [6.07, 6.45) is 0.487. The Bertz CT molecular complexity index is 72.8. The molecule has 0 atom stereocenters. The number of ketones is 1. The van der Waals surface area contributed by atoms with Crippen LogP contribution in [0.1, 0.15) is 13.3 Å². The van der Waals surface area contributed by atoms with E-state index in [1.54, 1.807) is 14.0 Å². The van der Waals surface area contributed by atoms with Crippen molar-refractivity contribution in [2.75, 3.05) is 13.7 Å². The lowest BCUT2D eigenvalue weighted by Gasteiger charge is -1.95. The highest BCUT2D eigenvalue weighted by molar-refractivity contribution is 5.75. The first kappa shape index (κ1) is 7.59. The summed E-state index contributed by atoms with van der Waals surface area (Å²) in [5, 5.41) is 0. The van der Waals surface area contributed by atoms with E-state index in [1.165, 1.54) is 0 Å². The van der Waals surface area contributed by atoms with E-state index in [0.29, 0.717) is 13.0 Å². The third-order valence-corrected chi connectivity index (χ3v) is 0.701. The SMILES string of the molecule is CNOCCC(C)=O. The van der Waals surface area contributed by atoms with Gasteiger partial charge in [0.1, 0.15) is 5.78 Å². The van der Waals surface area contributed by atoms with E-state index in [2.05, 4.69) is 10.3 Å². The van der Waals surface area contributed by atoms with E-state index in [4.69, 9.17) is 0 Å². The largest absolute Gasteiger partial charge is 0.302 e. The lowest BCUT2D eigenvalue weighted by atomic mass is 10.3. The van der Waals surface area contributed by atoms with Gasteiger partial charge in [0.15, 0.2) is 0 Å². The number of hydroxylamine groups is 1. The molecule has 0 aromatic carbocycles. The number of hydrogen-bond acceptors (Lipinski definition) is 3. The molecule has 3 heteroatoms. The van der Waals surface area contributed by atoms with E-state index < -0.39 is 0 Å². The third kappa shape index (κ3) is 5.59. The zero-order valence-electron chi connectivity index (χ0n) is 5.23. The Morgan fingerprint density at radius 1 is 1.75 bits per heavy atom. The standard InChI is InChI=1S/C5H11NO2/c1-5(7)3-4-8-6-2/h6H,3-4H2,1-2H3. The molecule has 0 rings (SSSR count). The minimum Gasteiger partial charge on any atom is -0.302 e. The van der Waals surface area contributed by atoms with Gasteiger partial charge in [0.05, 0.1) is 6.61 Å². The number of nitrogens with one attached hydrogen (secondary N) is 1. The van der Waals surface area contributed by atoms with Crippen molar-refractivity contribution in [2.45, 2.75) is 13.3 Å². The Morgan fingerprint density at radius 2 is 2.38 bits per heavy atom. The monoisotopic (exact) mass is 117 g/mol. The van der Waals surface area contributed by atoms with Crippen LogP contribution < -0.4 is 5.48 Å². The average molecular weight is 117 g/mol. The maximum absolute atomic E-state index is 10.2. The second kappa shape index (κ2) is 4.74.